The number of nitrogens with zero attached hydrogens (tertiary/aromatic N) is 1. The van der Waals surface area contributed by atoms with E-state index in [1.165, 1.54) is 12.3 Å². The third kappa shape index (κ3) is 3.41. The molecule has 1 atom stereocenters. The van der Waals surface area contributed by atoms with Crippen LogP contribution in [0.1, 0.15) is 29.2 Å². The van der Waals surface area contributed by atoms with E-state index in [0.717, 1.165) is 17.7 Å². The van der Waals surface area contributed by atoms with Crippen molar-refractivity contribution in [2.75, 3.05) is 0 Å². The zero-order chi connectivity index (χ0) is 16.4. The van der Waals surface area contributed by atoms with Gasteiger partial charge in [0.05, 0.1) is 5.56 Å². The Bertz CT molecular complexity index is 754. The highest BCUT2D eigenvalue weighted by Crippen LogP contribution is 2.29. The zero-order valence-corrected chi connectivity index (χ0v) is 12.0. The van der Waals surface area contributed by atoms with Crippen LogP contribution in [0.15, 0.2) is 54.6 Å². The fraction of sp³-hybridized carbons (Fsp3) is 0.176. The first-order valence-corrected chi connectivity index (χ1v) is 7.08. The normalized spacial score (nSPS) is 19.9. The van der Waals surface area contributed by atoms with Crippen LogP contribution in [0, 0.1) is 0 Å². The Morgan fingerprint density at radius 1 is 1.09 bits per heavy atom. The van der Waals surface area contributed by atoms with Crippen LogP contribution in [0.3, 0.4) is 0 Å². The van der Waals surface area contributed by atoms with E-state index in [4.69, 9.17) is 0 Å². The molecule has 0 aliphatic carbocycles. The predicted molar refractivity (Wildman–Crippen MR) is 78.8 cm³/mol. The lowest BCUT2D eigenvalue weighted by Crippen LogP contribution is -2.26. The highest BCUT2D eigenvalue weighted by molar-refractivity contribution is 5.80. The van der Waals surface area contributed by atoms with Crippen molar-refractivity contribution >= 4 is 12.1 Å². The molecule has 0 bridgehead atoms. The number of rotatable bonds is 2. The van der Waals surface area contributed by atoms with E-state index in [0.29, 0.717) is 5.56 Å². The number of alkyl halides is 3. The molecule has 3 rings (SSSR count). The second kappa shape index (κ2) is 5.87. The van der Waals surface area contributed by atoms with Gasteiger partial charge in [-0.15, -0.1) is 10.1 Å². The Hall–Kier alpha value is -2.63. The molecule has 23 heavy (non-hydrogen) atoms. The van der Waals surface area contributed by atoms with Gasteiger partial charge in [-0.2, -0.15) is 13.2 Å². The number of carbonyl (C=O) groups is 1. The lowest BCUT2D eigenvalue weighted by Gasteiger charge is -2.07. The molecule has 2 aromatic rings. The van der Waals surface area contributed by atoms with Crippen molar-refractivity contribution in [3.63, 3.8) is 0 Å². The summed E-state index contributed by atoms with van der Waals surface area (Å²) in [4.78, 5) is 11.7. The highest BCUT2D eigenvalue weighted by atomic mass is 19.4. The Labute approximate surface area is 131 Å². The van der Waals surface area contributed by atoms with Crippen LogP contribution in [0.2, 0.25) is 0 Å². The van der Waals surface area contributed by atoms with Gasteiger partial charge in [0.15, 0.2) is 0 Å². The third-order valence-electron chi connectivity index (χ3n) is 3.65. The van der Waals surface area contributed by atoms with Gasteiger partial charge < -0.3 is 0 Å². The third-order valence-corrected chi connectivity index (χ3v) is 3.65. The number of hydrogen-bond donors (Lipinski definition) is 1. The van der Waals surface area contributed by atoms with Crippen LogP contribution in [0.4, 0.5) is 13.2 Å². The molecule has 0 spiro atoms. The average molecular weight is 319 g/mol. The maximum Gasteiger partial charge on any atom is 0.416 e. The number of nitrogens with one attached hydrogen (secondary N) is 1. The van der Waals surface area contributed by atoms with E-state index in [-0.39, 0.29) is 18.4 Å². The molecule has 1 fully saturated rings. The number of hydrogen-bond acceptors (Lipinski definition) is 1. The van der Waals surface area contributed by atoms with Crippen LogP contribution >= 0.6 is 0 Å². The van der Waals surface area contributed by atoms with Crippen molar-refractivity contribution in [2.24, 2.45) is 0 Å². The first-order valence-electron chi connectivity index (χ1n) is 7.08. The quantitative estimate of drug-likeness (QED) is 0.846. The summed E-state index contributed by atoms with van der Waals surface area (Å²) in [5, 5.41) is 0. The van der Waals surface area contributed by atoms with Crippen molar-refractivity contribution in [1.82, 2.24) is 5.43 Å². The smallest absolute Gasteiger partial charge is 0.269 e. The van der Waals surface area contributed by atoms with Crippen LogP contribution < -0.4 is 5.43 Å². The Kier molecular flexibility index (Phi) is 3.90. The summed E-state index contributed by atoms with van der Waals surface area (Å²) < 4.78 is 39.9. The number of carbonyl (C=O) groups excluding carboxylic acids is 1. The second-order valence-electron chi connectivity index (χ2n) is 5.33. The number of hydrazone groups is 1. The molecule has 1 heterocycles. The molecule has 118 valence electrons. The molecule has 1 N–H and O–H groups in total. The summed E-state index contributed by atoms with van der Waals surface area (Å²) in [7, 11) is 0. The van der Waals surface area contributed by atoms with Crippen LogP contribution in [-0.4, -0.2) is 16.8 Å². The minimum Gasteiger partial charge on any atom is -0.269 e. The van der Waals surface area contributed by atoms with Crippen LogP contribution in [0.25, 0.3) is 0 Å². The average Bonchev–Trinajstić information content (AvgIpc) is 2.88. The molecule has 1 unspecified atom stereocenters. The van der Waals surface area contributed by atoms with Gasteiger partial charge in [-0.1, -0.05) is 36.4 Å². The fourth-order valence-corrected chi connectivity index (χ4v) is 2.57. The lowest BCUT2D eigenvalue weighted by atomic mass is 10.0. The van der Waals surface area contributed by atoms with Gasteiger partial charge in [0, 0.05) is 11.1 Å². The molecule has 0 aromatic heterocycles. The van der Waals surface area contributed by atoms with E-state index in [1.54, 1.807) is 10.8 Å². The predicted octanol–water partition coefficient (Wildman–Crippen LogP) is 3.31. The standard InChI is InChI=1S/C17H13F3N2O/c18-17(19,20)14-8-4-5-12(9-14)11-22-15(10-16(23)21-22)13-6-2-1-3-7-13/h1-9,11,15H,10H2/p+1/b22-11-. The van der Waals surface area contributed by atoms with Crippen LogP contribution in [-0.2, 0) is 11.0 Å². The van der Waals surface area contributed by atoms with Gasteiger partial charge >= 0.3 is 6.18 Å². The zero-order valence-electron chi connectivity index (χ0n) is 12.0. The molecule has 2 aromatic carbocycles. The molecule has 0 saturated carbocycles. The largest absolute Gasteiger partial charge is 0.416 e. The van der Waals surface area contributed by atoms with Gasteiger partial charge in [-0.25, -0.2) is 0 Å². The van der Waals surface area contributed by atoms with Crippen LogP contribution in [0.5, 0.6) is 0 Å². The first-order chi connectivity index (χ1) is 10.9. The van der Waals surface area contributed by atoms with Crippen molar-refractivity contribution in [1.29, 1.82) is 0 Å². The van der Waals surface area contributed by atoms with E-state index < -0.39 is 11.7 Å². The molecule has 1 saturated heterocycles. The monoisotopic (exact) mass is 319 g/mol. The number of hydrazine groups is 1. The van der Waals surface area contributed by atoms with Gasteiger partial charge in [-0.05, 0) is 18.2 Å². The minimum atomic E-state index is -4.39. The molecule has 1 amide bonds. The molecular weight excluding hydrogens is 305 g/mol. The summed E-state index contributed by atoms with van der Waals surface area (Å²) in [6, 6.07) is 14.1. The van der Waals surface area contributed by atoms with Crippen molar-refractivity contribution in [3.05, 3.63) is 71.3 Å². The van der Waals surface area contributed by atoms with E-state index in [9.17, 15) is 18.0 Å². The molecular formula is C17H14F3N2O+. The van der Waals surface area contributed by atoms with Gasteiger partial charge in [0.2, 0.25) is 12.3 Å². The van der Waals surface area contributed by atoms with Gasteiger partial charge in [-0.3, -0.25) is 4.79 Å². The summed E-state index contributed by atoms with van der Waals surface area (Å²) in [5.74, 6) is -0.165. The lowest BCUT2D eigenvalue weighted by molar-refractivity contribution is -0.594. The molecule has 6 heteroatoms. The summed E-state index contributed by atoms with van der Waals surface area (Å²) in [6.45, 7) is 0. The van der Waals surface area contributed by atoms with E-state index in [2.05, 4.69) is 5.43 Å². The van der Waals surface area contributed by atoms with E-state index >= 15 is 0 Å². The molecule has 0 radical (unpaired) electrons. The van der Waals surface area contributed by atoms with Crippen molar-refractivity contribution in [3.8, 4) is 0 Å². The highest BCUT2D eigenvalue weighted by Gasteiger charge is 2.36. The topological polar surface area (TPSA) is 32.1 Å². The van der Waals surface area contributed by atoms with E-state index in [1.807, 2.05) is 30.3 Å². The Morgan fingerprint density at radius 2 is 1.83 bits per heavy atom. The molecule has 3 nitrogen and oxygen atoms in total. The Morgan fingerprint density at radius 3 is 2.52 bits per heavy atom. The summed E-state index contributed by atoms with van der Waals surface area (Å²) >= 11 is 0. The SMILES string of the molecule is O=C1CC(c2ccccc2)/[N+](=C/c2cccc(C(F)(F)F)c2)N1. The van der Waals surface area contributed by atoms with Crippen molar-refractivity contribution in [2.45, 2.75) is 18.6 Å². The molecule has 1 aliphatic rings. The number of halogens is 3. The number of amides is 1. The summed E-state index contributed by atoms with van der Waals surface area (Å²) in [6.07, 6.45) is -2.60. The second-order valence-corrected chi connectivity index (χ2v) is 5.33. The summed E-state index contributed by atoms with van der Waals surface area (Å²) in [5.41, 5.74) is 3.25. The first kappa shape index (κ1) is 15.3. The maximum atomic E-state index is 12.8. The number of benzene rings is 2. The van der Waals surface area contributed by atoms with Gasteiger partial charge in [0.25, 0.3) is 5.91 Å². The van der Waals surface area contributed by atoms with Crippen molar-refractivity contribution < 1.29 is 22.7 Å². The molecule has 1 aliphatic heterocycles. The fourth-order valence-electron chi connectivity index (χ4n) is 2.57. The maximum absolute atomic E-state index is 12.8. The Balaban J connectivity index is 1.96. The van der Waals surface area contributed by atoms with Gasteiger partial charge in [0.1, 0.15) is 6.42 Å². The minimum absolute atomic E-state index is 0.165.